The Kier molecular flexibility index (Phi) is 3.61. The number of hydrogen-bond acceptors (Lipinski definition) is 4. The molecule has 1 fully saturated rings. The highest BCUT2D eigenvalue weighted by molar-refractivity contribution is 5.93. The van der Waals surface area contributed by atoms with Gasteiger partial charge in [0.25, 0.3) is 5.91 Å². The van der Waals surface area contributed by atoms with Crippen molar-refractivity contribution in [1.29, 1.82) is 0 Å². The van der Waals surface area contributed by atoms with E-state index in [2.05, 4.69) is 10.3 Å². The van der Waals surface area contributed by atoms with Crippen LogP contribution in [0.4, 0.5) is 5.82 Å². The second kappa shape index (κ2) is 5.18. The molecular weight excluding hydrogens is 236 g/mol. The van der Waals surface area contributed by atoms with Gasteiger partial charge in [0.05, 0.1) is 0 Å². The molecule has 7 nitrogen and oxygen atoms in total. The smallest absolute Gasteiger partial charge is 0.321 e. The van der Waals surface area contributed by atoms with E-state index in [1.54, 1.807) is 0 Å². The van der Waals surface area contributed by atoms with Crippen molar-refractivity contribution in [2.45, 2.75) is 37.8 Å². The zero-order valence-corrected chi connectivity index (χ0v) is 9.89. The molecule has 18 heavy (non-hydrogen) atoms. The van der Waals surface area contributed by atoms with Gasteiger partial charge in [0.2, 0.25) is 0 Å². The number of rotatable bonds is 3. The van der Waals surface area contributed by atoms with Crippen LogP contribution in [0.25, 0.3) is 0 Å². The summed E-state index contributed by atoms with van der Waals surface area (Å²) in [6.07, 6.45) is 3.89. The van der Waals surface area contributed by atoms with E-state index in [0.29, 0.717) is 0 Å². The number of nitrogens with one attached hydrogen (secondary N) is 2. The molecule has 1 heterocycles. The second-order valence-electron chi connectivity index (χ2n) is 4.54. The van der Waals surface area contributed by atoms with Gasteiger partial charge in [-0.1, -0.05) is 12.8 Å². The molecule has 0 spiro atoms. The van der Waals surface area contributed by atoms with E-state index < -0.39 is 4.92 Å². The minimum Gasteiger partial charge on any atom is -0.358 e. The SMILES string of the molecule is NC1CCCCC1NC(=O)c1ccc([N+](=O)[O-])[nH]1. The van der Waals surface area contributed by atoms with E-state index in [9.17, 15) is 14.9 Å². The molecule has 2 atom stereocenters. The summed E-state index contributed by atoms with van der Waals surface area (Å²) in [5, 5.41) is 13.3. The van der Waals surface area contributed by atoms with Gasteiger partial charge in [-0.3, -0.25) is 4.79 Å². The Morgan fingerprint density at radius 3 is 2.78 bits per heavy atom. The van der Waals surface area contributed by atoms with Gasteiger partial charge in [-0.2, -0.15) is 0 Å². The van der Waals surface area contributed by atoms with E-state index in [-0.39, 0.29) is 29.5 Å². The summed E-state index contributed by atoms with van der Waals surface area (Å²) in [6.45, 7) is 0. The van der Waals surface area contributed by atoms with Crippen molar-refractivity contribution < 1.29 is 9.72 Å². The van der Waals surface area contributed by atoms with Crippen molar-refractivity contribution in [2.24, 2.45) is 5.73 Å². The number of nitrogens with two attached hydrogens (primary N) is 1. The molecule has 2 unspecified atom stereocenters. The summed E-state index contributed by atoms with van der Waals surface area (Å²) in [4.78, 5) is 24.3. The van der Waals surface area contributed by atoms with Crippen LogP contribution < -0.4 is 11.1 Å². The number of carbonyl (C=O) groups is 1. The molecule has 1 saturated carbocycles. The number of aromatic amines is 1. The molecule has 0 aromatic carbocycles. The fourth-order valence-corrected chi connectivity index (χ4v) is 2.21. The Morgan fingerprint density at radius 1 is 1.44 bits per heavy atom. The minimum atomic E-state index is -0.566. The Morgan fingerprint density at radius 2 is 2.17 bits per heavy atom. The lowest BCUT2D eigenvalue weighted by Crippen LogP contribution is -2.49. The molecule has 0 bridgehead atoms. The number of carbonyl (C=O) groups excluding carboxylic acids is 1. The molecule has 1 aliphatic rings. The molecule has 0 saturated heterocycles. The predicted molar refractivity (Wildman–Crippen MR) is 65.1 cm³/mol. The number of hydrogen-bond donors (Lipinski definition) is 3. The van der Waals surface area contributed by atoms with Gasteiger partial charge in [0, 0.05) is 18.2 Å². The van der Waals surface area contributed by atoms with Crippen LogP contribution in [0.1, 0.15) is 36.2 Å². The molecular formula is C11H16N4O3. The number of H-pyrrole nitrogens is 1. The summed E-state index contributed by atoms with van der Waals surface area (Å²) < 4.78 is 0. The Labute approximate surface area is 104 Å². The molecule has 7 heteroatoms. The Balaban J connectivity index is 2.00. The van der Waals surface area contributed by atoms with Crippen LogP contribution in [0, 0.1) is 10.1 Å². The van der Waals surface area contributed by atoms with Crippen molar-refractivity contribution >= 4 is 11.7 Å². The number of aromatic nitrogens is 1. The second-order valence-corrected chi connectivity index (χ2v) is 4.54. The lowest BCUT2D eigenvalue weighted by atomic mass is 9.91. The average Bonchev–Trinajstić information content (AvgIpc) is 2.81. The first-order valence-corrected chi connectivity index (χ1v) is 5.98. The largest absolute Gasteiger partial charge is 0.358 e. The summed E-state index contributed by atoms with van der Waals surface area (Å²) >= 11 is 0. The van der Waals surface area contributed by atoms with Crippen molar-refractivity contribution in [3.05, 3.63) is 27.9 Å². The van der Waals surface area contributed by atoms with Crippen LogP contribution in [0.2, 0.25) is 0 Å². The molecule has 1 aromatic heterocycles. The molecule has 1 aliphatic carbocycles. The number of nitrogens with zero attached hydrogens (tertiary/aromatic N) is 1. The third-order valence-corrected chi connectivity index (χ3v) is 3.25. The molecule has 1 aromatic rings. The Hall–Kier alpha value is -1.89. The topological polar surface area (TPSA) is 114 Å². The third kappa shape index (κ3) is 2.67. The van der Waals surface area contributed by atoms with Crippen molar-refractivity contribution in [3.63, 3.8) is 0 Å². The van der Waals surface area contributed by atoms with Crippen LogP contribution in [-0.2, 0) is 0 Å². The lowest BCUT2D eigenvalue weighted by Gasteiger charge is -2.28. The molecule has 4 N–H and O–H groups in total. The van der Waals surface area contributed by atoms with E-state index in [0.717, 1.165) is 25.7 Å². The first-order valence-electron chi connectivity index (χ1n) is 5.98. The fraction of sp³-hybridized carbons (Fsp3) is 0.545. The molecule has 0 radical (unpaired) electrons. The standard InChI is InChI=1S/C11H16N4O3/c12-7-3-1-2-4-8(7)14-11(16)9-5-6-10(13-9)15(17)18/h5-8,13H,1-4,12H2,(H,14,16). The van der Waals surface area contributed by atoms with Crippen molar-refractivity contribution in [2.75, 3.05) is 0 Å². The van der Waals surface area contributed by atoms with E-state index in [1.165, 1.54) is 12.1 Å². The van der Waals surface area contributed by atoms with Gasteiger partial charge in [-0.05, 0) is 23.8 Å². The van der Waals surface area contributed by atoms with E-state index in [4.69, 9.17) is 5.73 Å². The zero-order chi connectivity index (χ0) is 13.1. The van der Waals surface area contributed by atoms with Gasteiger partial charge in [-0.25, -0.2) is 4.98 Å². The van der Waals surface area contributed by atoms with Gasteiger partial charge >= 0.3 is 5.82 Å². The van der Waals surface area contributed by atoms with Crippen LogP contribution in [-0.4, -0.2) is 27.9 Å². The molecule has 1 amide bonds. The zero-order valence-electron chi connectivity index (χ0n) is 9.89. The van der Waals surface area contributed by atoms with Gasteiger partial charge in [0.15, 0.2) is 5.69 Å². The van der Waals surface area contributed by atoms with Crippen LogP contribution in [0.15, 0.2) is 12.1 Å². The van der Waals surface area contributed by atoms with Gasteiger partial charge in [0.1, 0.15) is 0 Å². The van der Waals surface area contributed by atoms with E-state index >= 15 is 0 Å². The fourth-order valence-electron chi connectivity index (χ4n) is 2.21. The summed E-state index contributed by atoms with van der Waals surface area (Å²) in [7, 11) is 0. The third-order valence-electron chi connectivity index (χ3n) is 3.25. The van der Waals surface area contributed by atoms with Crippen LogP contribution in [0.5, 0.6) is 0 Å². The maximum Gasteiger partial charge on any atom is 0.321 e. The van der Waals surface area contributed by atoms with Crippen LogP contribution in [0.3, 0.4) is 0 Å². The van der Waals surface area contributed by atoms with Crippen molar-refractivity contribution in [1.82, 2.24) is 10.3 Å². The number of nitro groups is 1. The highest BCUT2D eigenvalue weighted by Gasteiger charge is 2.25. The monoisotopic (exact) mass is 252 g/mol. The lowest BCUT2D eigenvalue weighted by molar-refractivity contribution is -0.389. The maximum absolute atomic E-state index is 11.9. The highest BCUT2D eigenvalue weighted by Crippen LogP contribution is 2.17. The normalized spacial score (nSPS) is 23.6. The average molecular weight is 252 g/mol. The summed E-state index contributed by atoms with van der Waals surface area (Å²) in [5.41, 5.74) is 6.12. The predicted octanol–water partition coefficient (Wildman–Crippen LogP) is 0.923. The van der Waals surface area contributed by atoms with Crippen LogP contribution >= 0.6 is 0 Å². The molecule has 98 valence electrons. The minimum absolute atomic E-state index is 0.0346. The summed E-state index contributed by atoms with van der Waals surface area (Å²) in [5.74, 6) is -0.529. The first kappa shape index (κ1) is 12.6. The first-order chi connectivity index (χ1) is 8.58. The molecule has 0 aliphatic heterocycles. The Bertz CT molecular complexity index is 457. The van der Waals surface area contributed by atoms with Crippen molar-refractivity contribution in [3.8, 4) is 0 Å². The van der Waals surface area contributed by atoms with E-state index in [1.807, 2.05) is 0 Å². The van der Waals surface area contributed by atoms with Gasteiger partial charge in [-0.15, -0.1) is 0 Å². The highest BCUT2D eigenvalue weighted by atomic mass is 16.6. The summed E-state index contributed by atoms with van der Waals surface area (Å²) in [6, 6.07) is 2.60. The maximum atomic E-state index is 11.9. The number of amides is 1. The van der Waals surface area contributed by atoms with Gasteiger partial charge < -0.3 is 21.2 Å². The quantitative estimate of drug-likeness (QED) is 0.548. The molecule has 2 rings (SSSR count).